The topological polar surface area (TPSA) is 89.9 Å². The van der Waals surface area contributed by atoms with E-state index in [1.54, 1.807) is 16.7 Å². The molecule has 3 aromatic rings. The minimum atomic E-state index is -0.322. The molecule has 0 bridgehead atoms. The van der Waals surface area contributed by atoms with Crippen LogP contribution in [0.25, 0.3) is 22.6 Å². The first kappa shape index (κ1) is 18.0. The highest BCUT2D eigenvalue weighted by molar-refractivity contribution is 5.85. The number of anilines is 1. The molecule has 0 saturated heterocycles. The summed E-state index contributed by atoms with van der Waals surface area (Å²) < 4.78 is 15.4. The number of aromatic nitrogens is 4. The molecule has 0 fully saturated rings. The average molecular weight is 355 g/mol. The van der Waals surface area contributed by atoms with Crippen molar-refractivity contribution in [2.45, 2.75) is 25.7 Å². The van der Waals surface area contributed by atoms with Crippen molar-refractivity contribution in [1.29, 1.82) is 0 Å². The van der Waals surface area contributed by atoms with E-state index in [2.05, 4.69) is 15.0 Å². The van der Waals surface area contributed by atoms with E-state index in [-0.39, 0.29) is 18.3 Å². The van der Waals surface area contributed by atoms with Crippen LogP contribution < -0.4 is 5.73 Å². The van der Waals surface area contributed by atoms with Gasteiger partial charge in [-0.1, -0.05) is 31.2 Å². The summed E-state index contributed by atoms with van der Waals surface area (Å²) in [5, 5.41) is 8.82. The molecule has 0 saturated carbocycles. The molecule has 0 amide bonds. The molecule has 0 spiro atoms. The molecule has 136 valence electrons. The van der Waals surface area contributed by atoms with Crippen LogP contribution in [-0.4, -0.2) is 31.2 Å². The number of nitrogen functional groups attached to an aromatic ring is 1. The van der Waals surface area contributed by atoms with Gasteiger partial charge in [-0.05, 0) is 25.0 Å². The van der Waals surface area contributed by atoms with Crippen molar-refractivity contribution in [3.63, 3.8) is 0 Å². The Morgan fingerprint density at radius 1 is 1.27 bits per heavy atom. The van der Waals surface area contributed by atoms with Gasteiger partial charge in [-0.3, -0.25) is 0 Å². The van der Waals surface area contributed by atoms with Gasteiger partial charge in [0.15, 0.2) is 17.0 Å². The number of benzene rings is 1. The summed E-state index contributed by atoms with van der Waals surface area (Å²) in [6, 6.07) is 6.26. The average Bonchev–Trinajstić information content (AvgIpc) is 2.96. The zero-order valence-electron chi connectivity index (χ0n) is 14.9. The summed E-state index contributed by atoms with van der Waals surface area (Å²) in [5.41, 5.74) is 7.90. The summed E-state index contributed by atoms with van der Waals surface area (Å²) in [7, 11) is 1.83. The highest BCUT2D eigenvalue weighted by Gasteiger charge is 2.18. The molecule has 0 aliphatic carbocycles. The fourth-order valence-corrected chi connectivity index (χ4v) is 2.80. The second-order valence-corrected chi connectivity index (χ2v) is 6.26. The Kier molecular flexibility index (Phi) is 5.27. The first-order valence-electron chi connectivity index (χ1n) is 8.53. The highest BCUT2D eigenvalue weighted by Crippen LogP contribution is 2.27. The molecule has 26 heavy (non-hydrogen) atoms. The third-order valence-electron chi connectivity index (χ3n) is 4.24. The minimum Gasteiger partial charge on any atom is -0.396 e. The second-order valence-electron chi connectivity index (χ2n) is 6.26. The molecule has 3 N–H and O–H groups in total. The Hall–Kier alpha value is -2.80. The molecule has 1 aromatic carbocycles. The van der Waals surface area contributed by atoms with Crippen molar-refractivity contribution in [2.75, 3.05) is 12.3 Å². The molecule has 2 heterocycles. The Morgan fingerprint density at radius 2 is 2.08 bits per heavy atom. The number of halogens is 1. The smallest absolute Gasteiger partial charge is 0.166 e. The van der Waals surface area contributed by atoms with Gasteiger partial charge >= 0.3 is 0 Å². The molecule has 2 aromatic heterocycles. The Labute approximate surface area is 151 Å². The number of aryl methyl sites for hydroxylation is 1. The van der Waals surface area contributed by atoms with Crippen molar-refractivity contribution in [3.05, 3.63) is 48.1 Å². The number of aliphatic hydroxyl groups excluding tert-OH is 1. The van der Waals surface area contributed by atoms with Gasteiger partial charge in [0.1, 0.15) is 17.5 Å². The van der Waals surface area contributed by atoms with E-state index in [0.717, 1.165) is 6.42 Å². The molecule has 7 heteroatoms. The predicted molar refractivity (Wildman–Crippen MR) is 100.0 cm³/mol. The fourth-order valence-electron chi connectivity index (χ4n) is 2.80. The van der Waals surface area contributed by atoms with Crippen molar-refractivity contribution in [2.24, 2.45) is 7.05 Å². The number of allylic oxidation sites excluding steroid dienone is 1. The standard InChI is InChI=1S/C19H22FN5O/c1-12(7-4-3-5-10-26)17-23-16(21)15-19(24-17)25(2)18(22-15)13-8-6-9-14(20)11-13/h3-4,6,8-9,11-12,26H,5,7,10H2,1-2H3,(H2,21,23,24)/b4-3+. The minimum absolute atomic E-state index is 0.0733. The van der Waals surface area contributed by atoms with E-state index in [4.69, 9.17) is 10.8 Å². The lowest BCUT2D eigenvalue weighted by Crippen LogP contribution is -2.05. The molecule has 0 aliphatic heterocycles. The van der Waals surface area contributed by atoms with E-state index in [0.29, 0.717) is 40.6 Å². The number of nitrogens with two attached hydrogens (primary N) is 1. The molecular formula is C19H22FN5O. The molecule has 6 nitrogen and oxygen atoms in total. The van der Waals surface area contributed by atoms with Gasteiger partial charge in [0.2, 0.25) is 0 Å². The van der Waals surface area contributed by atoms with E-state index < -0.39 is 0 Å². The van der Waals surface area contributed by atoms with Gasteiger partial charge < -0.3 is 15.4 Å². The summed E-state index contributed by atoms with van der Waals surface area (Å²) in [5.74, 6) is 1.29. The van der Waals surface area contributed by atoms with Crippen LogP contribution in [0.3, 0.4) is 0 Å². The molecule has 1 atom stereocenters. The summed E-state index contributed by atoms with van der Waals surface area (Å²) in [6.45, 7) is 2.16. The lowest BCUT2D eigenvalue weighted by molar-refractivity contribution is 0.302. The predicted octanol–water partition coefficient (Wildman–Crippen LogP) is 3.18. The molecule has 0 aliphatic rings. The zero-order chi connectivity index (χ0) is 18.7. The number of imidazole rings is 1. The number of fused-ring (bicyclic) bond motifs is 1. The maximum Gasteiger partial charge on any atom is 0.166 e. The number of nitrogens with zero attached hydrogens (tertiary/aromatic N) is 4. The van der Waals surface area contributed by atoms with Crippen molar-refractivity contribution in [1.82, 2.24) is 19.5 Å². The number of aliphatic hydroxyl groups is 1. The molecule has 0 radical (unpaired) electrons. The Balaban J connectivity index is 1.99. The lowest BCUT2D eigenvalue weighted by Gasteiger charge is -2.09. The van der Waals surface area contributed by atoms with Crippen LogP contribution in [0, 0.1) is 5.82 Å². The van der Waals surface area contributed by atoms with Crippen LogP contribution in [-0.2, 0) is 7.05 Å². The Morgan fingerprint density at radius 3 is 2.81 bits per heavy atom. The van der Waals surface area contributed by atoms with E-state index in [1.165, 1.54) is 12.1 Å². The van der Waals surface area contributed by atoms with Gasteiger partial charge in [-0.25, -0.2) is 19.3 Å². The summed E-state index contributed by atoms with van der Waals surface area (Å²) in [4.78, 5) is 13.5. The molecule has 3 rings (SSSR count). The lowest BCUT2D eigenvalue weighted by atomic mass is 10.1. The first-order valence-corrected chi connectivity index (χ1v) is 8.53. The van der Waals surface area contributed by atoms with Crippen LogP contribution in [0.5, 0.6) is 0 Å². The number of hydrogen-bond donors (Lipinski definition) is 2. The normalized spacial score (nSPS) is 12.9. The molecule has 1 unspecified atom stereocenters. The highest BCUT2D eigenvalue weighted by atomic mass is 19.1. The van der Waals surface area contributed by atoms with E-state index in [1.807, 2.05) is 26.1 Å². The number of rotatable bonds is 6. The summed E-state index contributed by atoms with van der Waals surface area (Å²) >= 11 is 0. The summed E-state index contributed by atoms with van der Waals surface area (Å²) in [6.07, 6.45) is 5.32. The number of hydrogen-bond acceptors (Lipinski definition) is 5. The van der Waals surface area contributed by atoms with Crippen LogP contribution in [0.15, 0.2) is 36.4 Å². The SMILES string of the molecule is CC(C/C=C/CCO)c1nc(N)c2nc(-c3cccc(F)c3)n(C)c2n1. The maximum absolute atomic E-state index is 13.6. The van der Waals surface area contributed by atoms with Crippen molar-refractivity contribution >= 4 is 17.0 Å². The van der Waals surface area contributed by atoms with E-state index in [9.17, 15) is 4.39 Å². The van der Waals surface area contributed by atoms with Crippen LogP contribution >= 0.6 is 0 Å². The second kappa shape index (κ2) is 7.61. The third kappa shape index (κ3) is 3.57. The maximum atomic E-state index is 13.6. The monoisotopic (exact) mass is 355 g/mol. The van der Waals surface area contributed by atoms with Gasteiger partial charge in [0, 0.05) is 25.1 Å². The van der Waals surface area contributed by atoms with Gasteiger partial charge in [-0.2, -0.15) is 0 Å². The van der Waals surface area contributed by atoms with E-state index >= 15 is 0 Å². The van der Waals surface area contributed by atoms with Crippen LogP contribution in [0.1, 0.15) is 31.5 Å². The largest absolute Gasteiger partial charge is 0.396 e. The molecular weight excluding hydrogens is 333 g/mol. The zero-order valence-corrected chi connectivity index (χ0v) is 14.9. The van der Waals surface area contributed by atoms with Gasteiger partial charge in [0.05, 0.1) is 0 Å². The van der Waals surface area contributed by atoms with Crippen LogP contribution in [0.2, 0.25) is 0 Å². The van der Waals surface area contributed by atoms with Crippen molar-refractivity contribution in [3.8, 4) is 11.4 Å². The Bertz CT molecular complexity index is 950. The fraction of sp³-hybridized carbons (Fsp3) is 0.316. The first-order chi connectivity index (χ1) is 12.5. The van der Waals surface area contributed by atoms with Gasteiger partial charge in [-0.15, -0.1) is 0 Å². The van der Waals surface area contributed by atoms with Crippen molar-refractivity contribution < 1.29 is 9.50 Å². The van der Waals surface area contributed by atoms with Gasteiger partial charge in [0.25, 0.3) is 0 Å². The quantitative estimate of drug-likeness (QED) is 0.663. The third-order valence-corrected chi connectivity index (χ3v) is 4.24. The van der Waals surface area contributed by atoms with Crippen LogP contribution in [0.4, 0.5) is 10.2 Å².